The summed E-state index contributed by atoms with van der Waals surface area (Å²) >= 11 is 0. The van der Waals surface area contributed by atoms with Crippen LogP contribution >= 0.6 is 0 Å². The van der Waals surface area contributed by atoms with Gasteiger partial charge in [-0.3, -0.25) is 0 Å². The van der Waals surface area contributed by atoms with Gasteiger partial charge in [0.05, 0.1) is 18.4 Å². The van der Waals surface area contributed by atoms with Crippen molar-refractivity contribution in [3.05, 3.63) is 23.7 Å². The monoisotopic (exact) mass is 196 g/mol. The van der Waals surface area contributed by atoms with E-state index < -0.39 is 0 Å². The van der Waals surface area contributed by atoms with Crippen LogP contribution in [0.5, 0.6) is 0 Å². The minimum Gasteiger partial charge on any atom is -0.501 e. The van der Waals surface area contributed by atoms with Gasteiger partial charge in [-0.15, -0.1) is 0 Å². The number of esters is 1. The highest BCUT2D eigenvalue weighted by molar-refractivity contribution is 5.88. The van der Waals surface area contributed by atoms with Crippen molar-refractivity contribution in [2.45, 2.75) is 33.1 Å². The van der Waals surface area contributed by atoms with Gasteiger partial charge in [-0.2, -0.15) is 0 Å². The van der Waals surface area contributed by atoms with Crippen LogP contribution in [0.1, 0.15) is 33.1 Å². The molecule has 0 aromatic rings. The van der Waals surface area contributed by atoms with Crippen molar-refractivity contribution < 1.29 is 14.3 Å². The molecule has 0 fully saturated rings. The maximum absolute atomic E-state index is 11.4. The van der Waals surface area contributed by atoms with Crippen molar-refractivity contribution in [3.63, 3.8) is 0 Å². The topological polar surface area (TPSA) is 35.5 Å². The van der Waals surface area contributed by atoms with E-state index in [2.05, 4.69) is 0 Å². The third-order valence-electron chi connectivity index (χ3n) is 1.97. The SMILES string of the molecule is CCOC=C(C)C(=O)OC1=CCCC1. The molecule has 0 bridgehead atoms. The Kier molecular flexibility index (Phi) is 4.23. The molecule has 0 N–H and O–H groups in total. The number of rotatable bonds is 4. The van der Waals surface area contributed by atoms with Gasteiger partial charge in [-0.1, -0.05) is 0 Å². The van der Waals surface area contributed by atoms with E-state index in [-0.39, 0.29) is 5.97 Å². The maximum atomic E-state index is 11.4. The summed E-state index contributed by atoms with van der Waals surface area (Å²) in [4.78, 5) is 11.4. The molecule has 1 aliphatic rings. The van der Waals surface area contributed by atoms with Crippen LogP contribution in [0.4, 0.5) is 0 Å². The Balaban J connectivity index is 2.40. The lowest BCUT2D eigenvalue weighted by Crippen LogP contribution is -2.05. The summed E-state index contributed by atoms with van der Waals surface area (Å²) in [7, 11) is 0. The molecule has 0 amide bonds. The molecule has 0 heterocycles. The summed E-state index contributed by atoms with van der Waals surface area (Å²) in [6.45, 7) is 4.12. The first-order valence-electron chi connectivity index (χ1n) is 4.93. The molecule has 0 saturated heterocycles. The Morgan fingerprint density at radius 1 is 1.64 bits per heavy atom. The van der Waals surface area contributed by atoms with E-state index in [4.69, 9.17) is 9.47 Å². The molecular formula is C11H16O3. The normalized spacial score (nSPS) is 16.4. The predicted molar refractivity (Wildman–Crippen MR) is 53.4 cm³/mol. The maximum Gasteiger partial charge on any atom is 0.341 e. The van der Waals surface area contributed by atoms with Gasteiger partial charge >= 0.3 is 5.97 Å². The van der Waals surface area contributed by atoms with E-state index in [1.807, 2.05) is 13.0 Å². The Bertz CT molecular complexity index is 264. The molecular weight excluding hydrogens is 180 g/mol. The molecule has 14 heavy (non-hydrogen) atoms. The molecule has 1 aliphatic carbocycles. The molecule has 1 rings (SSSR count). The summed E-state index contributed by atoms with van der Waals surface area (Å²) in [6.07, 6.45) is 6.37. The van der Waals surface area contributed by atoms with Crippen LogP contribution in [0.25, 0.3) is 0 Å². The third-order valence-corrected chi connectivity index (χ3v) is 1.97. The molecule has 3 heteroatoms. The van der Waals surface area contributed by atoms with Crippen LogP contribution in [0.3, 0.4) is 0 Å². The van der Waals surface area contributed by atoms with Crippen LogP contribution in [0, 0.1) is 0 Å². The lowest BCUT2D eigenvalue weighted by Gasteiger charge is -2.04. The average molecular weight is 196 g/mol. The number of hydrogen-bond acceptors (Lipinski definition) is 3. The second-order valence-electron chi connectivity index (χ2n) is 3.21. The zero-order chi connectivity index (χ0) is 10.4. The molecule has 0 atom stereocenters. The number of hydrogen-bond donors (Lipinski definition) is 0. The van der Waals surface area contributed by atoms with Crippen LogP contribution in [0.15, 0.2) is 23.7 Å². The first kappa shape index (κ1) is 10.8. The zero-order valence-corrected chi connectivity index (χ0v) is 8.71. The Morgan fingerprint density at radius 3 is 3.00 bits per heavy atom. The summed E-state index contributed by atoms with van der Waals surface area (Å²) in [5.41, 5.74) is 0.500. The summed E-state index contributed by atoms with van der Waals surface area (Å²) in [5.74, 6) is 0.478. The van der Waals surface area contributed by atoms with Crippen LogP contribution in [0.2, 0.25) is 0 Å². The van der Waals surface area contributed by atoms with Crippen molar-refractivity contribution in [3.8, 4) is 0 Å². The van der Waals surface area contributed by atoms with E-state index in [1.165, 1.54) is 6.26 Å². The summed E-state index contributed by atoms with van der Waals surface area (Å²) in [5, 5.41) is 0. The van der Waals surface area contributed by atoms with Gasteiger partial charge in [0, 0.05) is 6.42 Å². The second kappa shape index (κ2) is 5.47. The molecule has 0 aromatic carbocycles. The van der Waals surface area contributed by atoms with Crippen molar-refractivity contribution in [1.82, 2.24) is 0 Å². The highest BCUT2D eigenvalue weighted by Crippen LogP contribution is 2.19. The fourth-order valence-electron chi connectivity index (χ4n) is 1.19. The molecule has 0 aromatic heterocycles. The molecule has 0 radical (unpaired) electrons. The van der Waals surface area contributed by atoms with Gasteiger partial charge in [-0.05, 0) is 32.8 Å². The molecule has 0 saturated carbocycles. The highest BCUT2D eigenvalue weighted by atomic mass is 16.5. The van der Waals surface area contributed by atoms with Crippen LogP contribution < -0.4 is 0 Å². The third kappa shape index (κ3) is 3.24. The quantitative estimate of drug-likeness (QED) is 0.394. The lowest BCUT2D eigenvalue weighted by molar-refractivity contribution is -0.135. The highest BCUT2D eigenvalue weighted by Gasteiger charge is 2.12. The Labute approximate surface area is 84.4 Å². The van der Waals surface area contributed by atoms with Gasteiger partial charge in [0.15, 0.2) is 0 Å². The number of carbonyl (C=O) groups is 1. The van der Waals surface area contributed by atoms with E-state index in [0.717, 1.165) is 25.0 Å². The van der Waals surface area contributed by atoms with Gasteiger partial charge in [0.1, 0.15) is 5.76 Å². The zero-order valence-electron chi connectivity index (χ0n) is 8.71. The number of ether oxygens (including phenoxy) is 2. The Hall–Kier alpha value is -1.25. The summed E-state index contributed by atoms with van der Waals surface area (Å²) < 4.78 is 10.1. The van der Waals surface area contributed by atoms with Crippen molar-refractivity contribution >= 4 is 5.97 Å². The predicted octanol–water partition coefficient (Wildman–Crippen LogP) is 2.54. The minimum absolute atomic E-state index is 0.313. The molecule has 0 spiro atoms. The molecule has 0 aliphatic heterocycles. The van der Waals surface area contributed by atoms with E-state index >= 15 is 0 Å². The number of carbonyl (C=O) groups excluding carboxylic acids is 1. The van der Waals surface area contributed by atoms with Crippen LogP contribution in [-0.2, 0) is 14.3 Å². The molecule has 3 nitrogen and oxygen atoms in total. The van der Waals surface area contributed by atoms with E-state index in [9.17, 15) is 4.79 Å². The molecule has 78 valence electrons. The molecule has 0 unspecified atom stereocenters. The first-order chi connectivity index (χ1) is 6.74. The lowest BCUT2D eigenvalue weighted by atomic mass is 10.3. The van der Waals surface area contributed by atoms with Crippen molar-refractivity contribution in [2.24, 2.45) is 0 Å². The van der Waals surface area contributed by atoms with Gasteiger partial charge in [0.2, 0.25) is 0 Å². The van der Waals surface area contributed by atoms with Gasteiger partial charge < -0.3 is 9.47 Å². The summed E-state index contributed by atoms with van der Waals surface area (Å²) in [6, 6.07) is 0. The second-order valence-corrected chi connectivity index (χ2v) is 3.21. The standard InChI is InChI=1S/C11H16O3/c1-3-13-8-9(2)11(12)14-10-6-4-5-7-10/h6,8H,3-5,7H2,1-2H3. The van der Waals surface area contributed by atoms with Crippen molar-refractivity contribution in [2.75, 3.05) is 6.61 Å². The Morgan fingerprint density at radius 2 is 2.43 bits per heavy atom. The smallest absolute Gasteiger partial charge is 0.341 e. The fraction of sp³-hybridized carbons (Fsp3) is 0.545. The van der Waals surface area contributed by atoms with E-state index in [0.29, 0.717) is 12.2 Å². The minimum atomic E-state index is -0.313. The van der Waals surface area contributed by atoms with Gasteiger partial charge in [0.25, 0.3) is 0 Å². The number of allylic oxidation sites excluding steroid dienone is 2. The van der Waals surface area contributed by atoms with Crippen molar-refractivity contribution in [1.29, 1.82) is 0 Å². The van der Waals surface area contributed by atoms with Gasteiger partial charge in [-0.25, -0.2) is 4.79 Å². The largest absolute Gasteiger partial charge is 0.501 e. The fourth-order valence-corrected chi connectivity index (χ4v) is 1.19. The average Bonchev–Trinajstić information content (AvgIpc) is 2.66. The van der Waals surface area contributed by atoms with E-state index in [1.54, 1.807) is 6.92 Å². The van der Waals surface area contributed by atoms with Crippen LogP contribution in [-0.4, -0.2) is 12.6 Å². The first-order valence-corrected chi connectivity index (χ1v) is 4.93.